The van der Waals surface area contributed by atoms with Gasteiger partial charge in [0, 0.05) is 17.7 Å². The average Bonchev–Trinajstić information content (AvgIpc) is 2.85. The van der Waals surface area contributed by atoms with Gasteiger partial charge in [0.05, 0.1) is 5.57 Å². The van der Waals surface area contributed by atoms with Gasteiger partial charge in [-0.2, -0.15) is 5.26 Å². The lowest BCUT2D eigenvalue weighted by Gasteiger charge is -2.22. The Morgan fingerprint density at radius 2 is 2.23 bits per heavy atom. The third-order valence-electron chi connectivity index (χ3n) is 2.64. The number of hydrogen-bond acceptors (Lipinski definition) is 2. The highest BCUT2D eigenvalue weighted by atomic mass is 14.9. The molecule has 1 saturated carbocycles. The monoisotopic (exact) mass is 174 g/mol. The van der Waals surface area contributed by atoms with Crippen LogP contribution >= 0.6 is 0 Å². The molecule has 2 aliphatic rings. The standard InChI is InChI=1S/C11H14N2/c1-7-5-8(2)13-11(9-3-4-9)10(7)6-12/h5,8-9,13H,3-4H2,1-2H3. The minimum Gasteiger partial charge on any atom is -0.381 e. The molecule has 0 aromatic heterocycles. The molecule has 2 rings (SSSR count). The summed E-state index contributed by atoms with van der Waals surface area (Å²) in [6.07, 6.45) is 4.60. The highest BCUT2D eigenvalue weighted by molar-refractivity contribution is 5.48. The molecular formula is C11H14N2. The summed E-state index contributed by atoms with van der Waals surface area (Å²) >= 11 is 0. The number of nitrogens with one attached hydrogen (secondary N) is 1. The first kappa shape index (κ1) is 8.37. The van der Waals surface area contributed by atoms with Gasteiger partial charge in [-0.25, -0.2) is 0 Å². The van der Waals surface area contributed by atoms with Crippen molar-refractivity contribution in [2.24, 2.45) is 5.92 Å². The summed E-state index contributed by atoms with van der Waals surface area (Å²) in [7, 11) is 0. The van der Waals surface area contributed by atoms with Crippen molar-refractivity contribution in [3.63, 3.8) is 0 Å². The molecule has 0 spiro atoms. The Labute approximate surface area is 78.9 Å². The molecule has 1 aliphatic heterocycles. The van der Waals surface area contributed by atoms with Crippen LogP contribution in [0.1, 0.15) is 26.7 Å². The molecule has 1 N–H and O–H groups in total. The molecule has 1 fully saturated rings. The van der Waals surface area contributed by atoms with E-state index >= 15 is 0 Å². The Balaban J connectivity index is 2.36. The molecule has 2 nitrogen and oxygen atoms in total. The first-order valence-corrected chi connectivity index (χ1v) is 4.82. The maximum Gasteiger partial charge on any atom is 0.101 e. The highest BCUT2D eigenvalue weighted by Gasteiger charge is 2.31. The van der Waals surface area contributed by atoms with Gasteiger partial charge in [-0.05, 0) is 32.3 Å². The van der Waals surface area contributed by atoms with Gasteiger partial charge in [-0.3, -0.25) is 0 Å². The third-order valence-corrected chi connectivity index (χ3v) is 2.64. The van der Waals surface area contributed by atoms with Gasteiger partial charge in [-0.15, -0.1) is 0 Å². The van der Waals surface area contributed by atoms with Crippen molar-refractivity contribution >= 4 is 0 Å². The normalized spacial score (nSPS) is 27.8. The molecule has 0 bridgehead atoms. The quantitative estimate of drug-likeness (QED) is 0.661. The second-order valence-corrected chi connectivity index (χ2v) is 3.96. The summed E-state index contributed by atoms with van der Waals surface area (Å²) in [4.78, 5) is 0. The Morgan fingerprint density at radius 1 is 1.54 bits per heavy atom. The van der Waals surface area contributed by atoms with Crippen LogP contribution in [0.5, 0.6) is 0 Å². The third kappa shape index (κ3) is 1.47. The Morgan fingerprint density at radius 3 is 2.77 bits per heavy atom. The lowest BCUT2D eigenvalue weighted by Crippen LogP contribution is -2.29. The largest absolute Gasteiger partial charge is 0.381 e. The zero-order chi connectivity index (χ0) is 9.42. The van der Waals surface area contributed by atoms with Gasteiger partial charge in [0.15, 0.2) is 0 Å². The Hall–Kier alpha value is -1.23. The Bertz CT molecular complexity index is 326. The number of rotatable bonds is 1. The molecule has 1 atom stereocenters. The van der Waals surface area contributed by atoms with E-state index in [1.54, 1.807) is 0 Å². The number of hydrogen-bond donors (Lipinski definition) is 1. The van der Waals surface area contributed by atoms with Crippen molar-refractivity contribution in [3.05, 3.63) is 22.9 Å². The predicted octanol–water partition coefficient (Wildman–Crippen LogP) is 2.11. The van der Waals surface area contributed by atoms with E-state index in [9.17, 15) is 0 Å². The van der Waals surface area contributed by atoms with E-state index in [1.807, 2.05) is 6.92 Å². The topological polar surface area (TPSA) is 35.8 Å². The molecule has 13 heavy (non-hydrogen) atoms. The van der Waals surface area contributed by atoms with Crippen molar-refractivity contribution in [3.8, 4) is 6.07 Å². The molecule has 0 aromatic rings. The van der Waals surface area contributed by atoms with Crippen molar-refractivity contribution in [2.75, 3.05) is 0 Å². The van der Waals surface area contributed by atoms with Crippen LogP contribution in [0.15, 0.2) is 22.9 Å². The van der Waals surface area contributed by atoms with Gasteiger partial charge < -0.3 is 5.32 Å². The molecule has 0 saturated heterocycles. The van der Waals surface area contributed by atoms with Crippen LogP contribution in [0.2, 0.25) is 0 Å². The van der Waals surface area contributed by atoms with Gasteiger partial charge >= 0.3 is 0 Å². The smallest absolute Gasteiger partial charge is 0.101 e. The number of dihydropyridines is 1. The van der Waals surface area contributed by atoms with Crippen LogP contribution in [0, 0.1) is 17.2 Å². The zero-order valence-electron chi connectivity index (χ0n) is 8.09. The van der Waals surface area contributed by atoms with Gasteiger partial charge in [0.2, 0.25) is 0 Å². The first-order chi connectivity index (χ1) is 6.22. The van der Waals surface area contributed by atoms with Crippen molar-refractivity contribution in [1.82, 2.24) is 5.32 Å². The van der Waals surface area contributed by atoms with Crippen LogP contribution in [-0.4, -0.2) is 6.04 Å². The van der Waals surface area contributed by atoms with Crippen LogP contribution < -0.4 is 5.32 Å². The molecule has 1 unspecified atom stereocenters. The lowest BCUT2D eigenvalue weighted by molar-refractivity contribution is 0.660. The lowest BCUT2D eigenvalue weighted by atomic mass is 9.98. The van der Waals surface area contributed by atoms with Crippen LogP contribution in [0.3, 0.4) is 0 Å². The van der Waals surface area contributed by atoms with E-state index in [1.165, 1.54) is 18.5 Å². The van der Waals surface area contributed by atoms with Crippen molar-refractivity contribution in [2.45, 2.75) is 32.7 Å². The van der Waals surface area contributed by atoms with E-state index < -0.39 is 0 Å². The van der Waals surface area contributed by atoms with Crippen LogP contribution in [-0.2, 0) is 0 Å². The first-order valence-electron chi connectivity index (χ1n) is 4.82. The number of nitriles is 1. The van der Waals surface area contributed by atoms with E-state index in [4.69, 9.17) is 5.26 Å². The number of nitrogens with zero attached hydrogens (tertiary/aromatic N) is 1. The highest BCUT2D eigenvalue weighted by Crippen LogP contribution is 2.39. The summed E-state index contributed by atoms with van der Waals surface area (Å²) in [6.45, 7) is 4.15. The molecule has 68 valence electrons. The summed E-state index contributed by atoms with van der Waals surface area (Å²) in [5.41, 5.74) is 3.20. The van der Waals surface area contributed by atoms with E-state index in [-0.39, 0.29) is 0 Å². The van der Waals surface area contributed by atoms with E-state index in [2.05, 4.69) is 24.4 Å². The second kappa shape index (κ2) is 2.92. The number of allylic oxidation sites excluding steroid dienone is 3. The average molecular weight is 174 g/mol. The summed E-state index contributed by atoms with van der Waals surface area (Å²) in [5.74, 6) is 0.640. The fraction of sp³-hybridized carbons (Fsp3) is 0.545. The minimum atomic E-state index is 0.382. The SMILES string of the molecule is CC1=CC(C)NC(C2CC2)=C1C#N. The van der Waals surface area contributed by atoms with Gasteiger partial charge in [-0.1, -0.05) is 6.08 Å². The van der Waals surface area contributed by atoms with Gasteiger partial charge in [0.1, 0.15) is 6.07 Å². The molecule has 1 heterocycles. The van der Waals surface area contributed by atoms with E-state index in [0.717, 1.165) is 11.1 Å². The molecule has 1 aliphatic carbocycles. The maximum absolute atomic E-state index is 9.01. The molecule has 0 aromatic carbocycles. The van der Waals surface area contributed by atoms with Crippen molar-refractivity contribution in [1.29, 1.82) is 5.26 Å². The second-order valence-electron chi connectivity index (χ2n) is 3.96. The predicted molar refractivity (Wildman–Crippen MR) is 51.7 cm³/mol. The molecule has 0 radical (unpaired) electrons. The fourth-order valence-electron chi connectivity index (χ4n) is 1.87. The van der Waals surface area contributed by atoms with Crippen LogP contribution in [0.25, 0.3) is 0 Å². The fourth-order valence-corrected chi connectivity index (χ4v) is 1.87. The summed E-state index contributed by atoms with van der Waals surface area (Å²) < 4.78 is 0. The van der Waals surface area contributed by atoms with Crippen LogP contribution in [0.4, 0.5) is 0 Å². The van der Waals surface area contributed by atoms with Crippen molar-refractivity contribution < 1.29 is 0 Å². The maximum atomic E-state index is 9.01. The molecular weight excluding hydrogens is 160 g/mol. The summed E-state index contributed by atoms with van der Waals surface area (Å²) in [5, 5.41) is 12.4. The molecule has 0 amide bonds. The zero-order valence-corrected chi connectivity index (χ0v) is 8.09. The Kier molecular flexibility index (Phi) is 1.88. The van der Waals surface area contributed by atoms with Gasteiger partial charge in [0.25, 0.3) is 0 Å². The molecule has 2 heteroatoms. The van der Waals surface area contributed by atoms with E-state index in [0.29, 0.717) is 12.0 Å². The summed E-state index contributed by atoms with van der Waals surface area (Å²) in [6, 6.07) is 2.68. The minimum absolute atomic E-state index is 0.382.